The Labute approximate surface area is 164 Å². The molecule has 6 heteroatoms. The van der Waals surface area contributed by atoms with Crippen LogP contribution in [-0.4, -0.2) is 48.4 Å². The molecule has 0 aliphatic carbocycles. The number of hydrogen-bond acceptors (Lipinski definition) is 4. The zero-order valence-corrected chi connectivity index (χ0v) is 15.9. The number of nitrogens with zero attached hydrogens (tertiary/aromatic N) is 2. The third kappa shape index (κ3) is 5.63. The summed E-state index contributed by atoms with van der Waals surface area (Å²) in [6.45, 7) is 3.67. The van der Waals surface area contributed by atoms with E-state index in [1.165, 1.54) is 35.4 Å². The molecule has 0 N–H and O–H groups in total. The Balaban J connectivity index is 1.51. The van der Waals surface area contributed by atoms with Crippen LogP contribution in [0.5, 0.6) is 5.75 Å². The van der Waals surface area contributed by atoms with Crippen LogP contribution in [0.3, 0.4) is 0 Å². The van der Waals surface area contributed by atoms with E-state index in [1.54, 1.807) is 12.3 Å². The molecule has 0 amide bonds. The summed E-state index contributed by atoms with van der Waals surface area (Å²) in [5.41, 5.74) is 2.97. The lowest BCUT2D eigenvalue weighted by Gasteiger charge is -2.34. The first-order valence-corrected chi connectivity index (χ1v) is 9.29. The molecule has 0 radical (unpaired) electrons. The normalized spacial score (nSPS) is 15.4. The topological polar surface area (TPSA) is 32.8 Å². The average molecular weight is 386 g/mol. The van der Waals surface area contributed by atoms with E-state index in [2.05, 4.69) is 39.7 Å². The number of aryl methyl sites for hydroxylation is 1. The zero-order valence-electron chi connectivity index (χ0n) is 15.9. The van der Waals surface area contributed by atoms with Gasteiger partial charge in [-0.2, -0.15) is 8.78 Å². The third-order valence-corrected chi connectivity index (χ3v) is 4.84. The maximum Gasteiger partial charge on any atom is 0.387 e. The SMILES string of the molecule is Cc1ccccc1CN1CCN(/C=C/C(=O)c2cccc(OC(F)F)c2)CC1. The van der Waals surface area contributed by atoms with Gasteiger partial charge in [0.25, 0.3) is 0 Å². The first kappa shape index (κ1) is 20.0. The largest absolute Gasteiger partial charge is 0.435 e. The van der Waals surface area contributed by atoms with Gasteiger partial charge in [0.15, 0.2) is 5.78 Å². The molecule has 4 nitrogen and oxygen atoms in total. The van der Waals surface area contributed by atoms with Gasteiger partial charge in [0.2, 0.25) is 0 Å². The van der Waals surface area contributed by atoms with Crippen LogP contribution in [0.2, 0.25) is 0 Å². The number of carbonyl (C=O) groups excluding carboxylic acids is 1. The van der Waals surface area contributed by atoms with Crippen molar-refractivity contribution in [1.29, 1.82) is 0 Å². The molecule has 0 aromatic heterocycles. The molecule has 148 valence electrons. The van der Waals surface area contributed by atoms with Gasteiger partial charge < -0.3 is 9.64 Å². The van der Waals surface area contributed by atoms with Crippen LogP contribution in [0.1, 0.15) is 21.5 Å². The van der Waals surface area contributed by atoms with E-state index in [0.29, 0.717) is 5.56 Å². The minimum atomic E-state index is -2.91. The summed E-state index contributed by atoms with van der Waals surface area (Å²) < 4.78 is 29.0. The van der Waals surface area contributed by atoms with Crippen molar-refractivity contribution < 1.29 is 18.3 Å². The van der Waals surface area contributed by atoms with Crippen molar-refractivity contribution in [2.75, 3.05) is 26.2 Å². The molecule has 1 heterocycles. The smallest absolute Gasteiger partial charge is 0.387 e. The highest BCUT2D eigenvalue weighted by molar-refractivity contribution is 6.04. The van der Waals surface area contributed by atoms with Gasteiger partial charge >= 0.3 is 6.61 Å². The molecule has 3 rings (SSSR count). The first-order valence-electron chi connectivity index (χ1n) is 9.29. The third-order valence-electron chi connectivity index (χ3n) is 4.84. The number of ether oxygens (including phenoxy) is 1. The van der Waals surface area contributed by atoms with Gasteiger partial charge in [-0.1, -0.05) is 36.4 Å². The molecule has 0 unspecified atom stereocenters. The standard InChI is InChI=1S/C22H24F2N2O2/c1-17-5-2-3-6-19(17)16-26-13-11-25(12-14-26)10-9-21(27)18-7-4-8-20(15-18)28-22(23)24/h2-10,15,22H,11-14,16H2,1H3/b10-9+. The number of rotatable bonds is 7. The van der Waals surface area contributed by atoms with Gasteiger partial charge in [-0.05, 0) is 30.2 Å². The highest BCUT2D eigenvalue weighted by Crippen LogP contribution is 2.17. The quantitative estimate of drug-likeness (QED) is 0.530. The second kappa shape index (κ2) is 9.46. The summed E-state index contributed by atoms with van der Waals surface area (Å²) in [5.74, 6) is -0.249. The molecule has 2 aromatic rings. The Bertz CT molecular complexity index is 831. The van der Waals surface area contributed by atoms with Gasteiger partial charge in [0.05, 0.1) is 0 Å². The van der Waals surface area contributed by atoms with Crippen LogP contribution < -0.4 is 4.74 Å². The molecule has 1 aliphatic rings. The Morgan fingerprint density at radius 1 is 1.11 bits per heavy atom. The molecule has 1 saturated heterocycles. The molecule has 28 heavy (non-hydrogen) atoms. The molecular weight excluding hydrogens is 362 g/mol. The predicted octanol–water partition coefficient (Wildman–Crippen LogP) is 4.11. The number of piperazine rings is 1. The van der Waals surface area contributed by atoms with Gasteiger partial charge in [-0.15, -0.1) is 0 Å². The highest BCUT2D eigenvalue weighted by atomic mass is 19.3. The molecule has 1 aliphatic heterocycles. The number of carbonyl (C=O) groups is 1. The summed E-state index contributed by atoms with van der Waals surface area (Å²) in [6, 6.07) is 14.3. The lowest BCUT2D eigenvalue weighted by Crippen LogP contribution is -2.43. The van der Waals surface area contributed by atoms with Gasteiger partial charge in [0, 0.05) is 50.6 Å². The summed E-state index contributed by atoms with van der Waals surface area (Å²) in [7, 11) is 0. The lowest BCUT2D eigenvalue weighted by molar-refractivity contribution is -0.0498. The van der Waals surface area contributed by atoms with Crippen LogP contribution in [0.4, 0.5) is 8.78 Å². The zero-order chi connectivity index (χ0) is 19.9. The van der Waals surface area contributed by atoms with Crippen LogP contribution in [-0.2, 0) is 6.54 Å². The Morgan fingerprint density at radius 3 is 2.57 bits per heavy atom. The summed E-state index contributed by atoms with van der Waals surface area (Å²) in [5, 5.41) is 0. The summed E-state index contributed by atoms with van der Waals surface area (Å²) >= 11 is 0. The molecular formula is C22H24F2N2O2. The average Bonchev–Trinajstić information content (AvgIpc) is 2.68. The van der Waals surface area contributed by atoms with E-state index in [-0.39, 0.29) is 11.5 Å². The van der Waals surface area contributed by atoms with Crippen LogP contribution >= 0.6 is 0 Å². The van der Waals surface area contributed by atoms with Crippen molar-refractivity contribution in [2.45, 2.75) is 20.1 Å². The van der Waals surface area contributed by atoms with Crippen molar-refractivity contribution in [3.05, 3.63) is 77.5 Å². The number of benzene rings is 2. The number of ketones is 1. The minimum absolute atomic E-state index is 0.0148. The Hall–Kier alpha value is -2.73. The fourth-order valence-electron chi connectivity index (χ4n) is 3.19. The lowest BCUT2D eigenvalue weighted by atomic mass is 10.1. The highest BCUT2D eigenvalue weighted by Gasteiger charge is 2.15. The van der Waals surface area contributed by atoms with Crippen molar-refractivity contribution in [1.82, 2.24) is 9.80 Å². The molecule has 0 atom stereocenters. The van der Waals surface area contributed by atoms with E-state index in [1.807, 2.05) is 6.07 Å². The number of allylic oxidation sites excluding steroid dienone is 1. The Kier molecular flexibility index (Phi) is 6.76. The minimum Gasteiger partial charge on any atom is -0.435 e. The van der Waals surface area contributed by atoms with E-state index in [4.69, 9.17) is 0 Å². The van der Waals surface area contributed by atoms with Crippen molar-refractivity contribution in [3.8, 4) is 5.75 Å². The second-order valence-corrected chi connectivity index (χ2v) is 6.82. The Morgan fingerprint density at radius 2 is 1.86 bits per heavy atom. The monoisotopic (exact) mass is 386 g/mol. The maximum absolute atomic E-state index is 12.3. The number of hydrogen-bond donors (Lipinski definition) is 0. The van der Waals surface area contributed by atoms with Crippen molar-refractivity contribution in [2.24, 2.45) is 0 Å². The van der Waals surface area contributed by atoms with Gasteiger partial charge in [-0.25, -0.2) is 0 Å². The first-order chi connectivity index (χ1) is 13.5. The van der Waals surface area contributed by atoms with Gasteiger partial charge in [0.1, 0.15) is 5.75 Å². The molecule has 0 spiro atoms. The number of halogens is 2. The second-order valence-electron chi connectivity index (χ2n) is 6.82. The van der Waals surface area contributed by atoms with E-state index < -0.39 is 6.61 Å². The van der Waals surface area contributed by atoms with Gasteiger partial charge in [-0.3, -0.25) is 9.69 Å². The van der Waals surface area contributed by atoms with E-state index >= 15 is 0 Å². The van der Waals surface area contributed by atoms with Crippen molar-refractivity contribution >= 4 is 5.78 Å². The summed E-state index contributed by atoms with van der Waals surface area (Å²) in [4.78, 5) is 16.8. The van der Waals surface area contributed by atoms with Crippen molar-refractivity contribution in [3.63, 3.8) is 0 Å². The van der Waals surface area contributed by atoms with Crippen LogP contribution in [0, 0.1) is 6.92 Å². The molecule has 2 aromatic carbocycles. The number of alkyl halides is 2. The molecule has 0 saturated carbocycles. The maximum atomic E-state index is 12.3. The fourth-order valence-corrected chi connectivity index (χ4v) is 3.19. The predicted molar refractivity (Wildman–Crippen MR) is 105 cm³/mol. The van der Waals surface area contributed by atoms with Crippen LogP contribution in [0.25, 0.3) is 0 Å². The fraction of sp³-hybridized carbons (Fsp3) is 0.318. The van der Waals surface area contributed by atoms with Crippen LogP contribution in [0.15, 0.2) is 60.8 Å². The van der Waals surface area contributed by atoms with E-state index in [0.717, 1.165) is 32.7 Å². The molecule has 1 fully saturated rings. The summed E-state index contributed by atoms with van der Waals surface area (Å²) in [6.07, 6.45) is 3.27. The molecule has 0 bridgehead atoms. The van der Waals surface area contributed by atoms with E-state index in [9.17, 15) is 13.6 Å².